The van der Waals surface area contributed by atoms with Gasteiger partial charge in [-0.2, -0.15) is 5.11 Å². The highest BCUT2D eigenvalue weighted by atomic mass is 16.6. The molecule has 0 aliphatic carbocycles. The third-order valence-corrected chi connectivity index (χ3v) is 2.35. The monoisotopic (exact) mass is 236 g/mol. The number of benzene rings is 1. The van der Waals surface area contributed by atoms with E-state index in [-0.39, 0.29) is 11.9 Å². The van der Waals surface area contributed by atoms with Crippen molar-refractivity contribution in [2.75, 3.05) is 18.2 Å². The molecule has 1 heterocycles. The largest absolute Gasteiger partial charge is 0.355 e. The van der Waals surface area contributed by atoms with Gasteiger partial charge >= 0.3 is 0 Å². The Bertz CT molecular complexity index is 432. The van der Waals surface area contributed by atoms with Crippen LogP contribution in [0.4, 0.5) is 11.4 Å². The molecule has 1 aromatic rings. The van der Waals surface area contributed by atoms with E-state index in [1.165, 1.54) is 12.1 Å². The van der Waals surface area contributed by atoms with Crippen LogP contribution in [-0.4, -0.2) is 24.3 Å². The number of hydrogen-bond donors (Lipinski definition) is 0. The minimum Gasteiger partial charge on any atom is -0.355 e. The van der Waals surface area contributed by atoms with Gasteiger partial charge in [0, 0.05) is 18.7 Å². The molecule has 0 unspecified atom stereocenters. The molecule has 7 nitrogen and oxygen atoms in total. The smallest absolute Gasteiger partial charge is 0.269 e. The van der Waals surface area contributed by atoms with E-state index in [4.69, 9.17) is 4.74 Å². The van der Waals surface area contributed by atoms with Gasteiger partial charge in [-0.1, -0.05) is 5.22 Å². The van der Waals surface area contributed by atoms with Crippen molar-refractivity contribution >= 4 is 11.4 Å². The minimum absolute atomic E-state index is 0.0536. The Hall–Kier alpha value is -2.02. The summed E-state index contributed by atoms with van der Waals surface area (Å²) in [7, 11) is 0. The summed E-state index contributed by atoms with van der Waals surface area (Å²) in [5, 5.41) is 20.0. The zero-order valence-electron chi connectivity index (χ0n) is 9.31. The van der Waals surface area contributed by atoms with Crippen LogP contribution in [0.1, 0.15) is 6.92 Å². The van der Waals surface area contributed by atoms with Gasteiger partial charge in [-0.15, -0.1) is 0 Å². The molecule has 0 amide bonds. The molecule has 0 spiro atoms. The van der Waals surface area contributed by atoms with Crippen LogP contribution in [0.5, 0.6) is 0 Å². The van der Waals surface area contributed by atoms with Gasteiger partial charge in [0.2, 0.25) is 0 Å². The molecular weight excluding hydrogens is 224 g/mol. The van der Waals surface area contributed by atoms with Crippen molar-refractivity contribution in [1.82, 2.24) is 0 Å². The maximum atomic E-state index is 10.5. The van der Waals surface area contributed by atoms with Crippen LogP contribution in [0.15, 0.2) is 34.6 Å². The quantitative estimate of drug-likeness (QED) is 0.592. The number of rotatable bonds is 4. The van der Waals surface area contributed by atoms with Gasteiger partial charge in [-0.25, -0.2) is 5.01 Å². The highest BCUT2D eigenvalue weighted by molar-refractivity contribution is 5.50. The number of hydrogen-bond acceptors (Lipinski definition) is 6. The van der Waals surface area contributed by atoms with Crippen LogP contribution in [-0.2, 0) is 4.74 Å². The molecule has 2 rings (SSSR count). The van der Waals surface area contributed by atoms with Crippen molar-refractivity contribution in [1.29, 1.82) is 0 Å². The van der Waals surface area contributed by atoms with Crippen LogP contribution in [0.2, 0.25) is 0 Å². The van der Waals surface area contributed by atoms with Crippen molar-refractivity contribution < 1.29 is 9.66 Å². The van der Waals surface area contributed by atoms with Crippen LogP contribution >= 0.6 is 0 Å². The van der Waals surface area contributed by atoms with Crippen LogP contribution in [0.25, 0.3) is 0 Å². The van der Waals surface area contributed by atoms with E-state index < -0.39 is 4.92 Å². The molecule has 0 bridgehead atoms. The molecule has 1 atom stereocenters. The first-order chi connectivity index (χ1) is 8.22. The third-order valence-electron chi connectivity index (χ3n) is 2.35. The van der Waals surface area contributed by atoms with Crippen molar-refractivity contribution in [3.8, 4) is 0 Å². The van der Waals surface area contributed by atoms with E-state index in [9.17, 15) is 10.1 Å². The Morgan fingerprint density at radius 3 is 2.82 bits per heavy atom. The molecule has 0 aromatic heterocycles. The van der Waals surface area contributed by atoms with Crippen molar-refractivity contribution in [3.63, 3.8) is 0 Å². The predicted octanol–water partition coefficient (Wildman–Crippen LogP) is 2.14. The molecule has 1 aliphatic heterocycles. The second-order valence-electron chi connectivity index (χ2n) is 3.44. The summed E-state index contributed by atoms with van der Waals surface area (Å²) in [6, 6.07) is 6.14. The van der Waals surface area contributed by atoms with E-state index in [1.807, 2.05) is 6.92 Å². The molecular formula is C10H12N4O3. The maximum absolute atomic E-state index is 10.5. The lowest BCUT2D eigenvalue weighted by atomic mass is 10.2. The average molecular weight is 236 g/mol. The van der Waals surface area contributed by atoms with Gasteiger partial charge in [-0.3, -0.25) is 10.1 Å². The van der Waals surface area contributed by atoms with Gasteiger partial charge in [0.25, 0.3) is 5.69 Å². The highest BCUT2D eigenvalue weighted by Gasteiger charge is 2.24. The Labute approximate surface area is 97.8 Å². The number of ether oxygens (including phenoxy) is 1. The number of anilines is 1. The molecule has 0 radical (unpaired) electrons. The van der Waals surface area contributed by atoms with Crippen molar-refractivity contribution in [3.05, 3.63) is 34.4 Å². The molecule has 0 saturated carbocycles. The standard InChI is InChI=1S/C10H12N4O3/c1-2-17-10-7-11-12-13(10)8-3-5-9(6-4-8)14(15)16/h3-6,10H,2,7H2,1H3/t10-/m0/s1. The lowest BCUT2D eigenvalue weighted by molar-refractivity contribution is -0.384. The fourth-order valence-electron chi connectivity index (χ4n) is 1.57. The highest BCUT2D eigenvalue weighted by Crippen LogP contribution is 2.24. The van der Waals surface area contributed by atoms with Gasteiger partial charge < -0.3 is 4.74 Å². The predicted molar refractivity (Wildman–Crippen MR) is 60.7 cm³/mol. The van der Waals surface area contributed by atoms with E-state index in [0.717, 1.165) is 5.69 Å². The zero-order valence-corrected chi connectivity index (χ0v) is 9.31. The summed E-state index contributed by atoms with van der Waals surface area (Å²) >= 11 is 0. The SMILES string of the molecule is CCO[C@H]1CN=NN1c1ccc([N+](=O)[O-])cc1. The first-order valence-electron chi connectivity index (χ1n) is 5.25. The Morgan fingerprint density at radius 2 is 2.24 bits per heavy atom. The molecule has 0 fully saturated rings. The second kappa shape index (κ2) is 4.88. The Morgan fingerprint density at radius 1 is 1.53 bits per heavy atom. The molecule has 1 aromatic carbocycles. The van der Waals surface area contributed by atoms with Crippen LogP contribution in [0, 0.1) is 10.1 Å². The first-order valence-corrected chi connectivity index (χ1v) is 5.25. The van der Waals surface area contributed by atoms with Gasteiger partial charge in [0.1, 0.15) is 6.54 Å². The van der Waals surface area contributed by atoms with Crippen molar-refractivity contribution in [2.45, 2.75) is 13.2 Å². The maximum Gasteiger partial charge on any atom is 0.269 e. The lowest BCUT2D eigenvalue weighted by Gasteiger charge is -2.20. The van der Waals surface area contributed by atoms with E-state index >= 15 is 0 Å². The summed E-state index contributed by atoms with van der Waals surface area (Å²) in [5.41, 5.74) is 0.785. The van der Waals surface area contributed by atoms with E-state index in [2.05, 4.69) is 10.3 Å². The second-order valence-corrected chi connectivity index (χ2v) is 3.44. The summed E-state index contributed by atoms with van der Waals surface area (Å²) in [6.45, 7) is 2.94. The van der Waals surface area contributed by atoms with Gasteiger partial charge in [0.15, 0.2) is 6.23 Å². The first kappa shape index (κ1) is 11.5. The molecule has 1 aliphatic rings. The minimum atomic E-state index is -0.435. The van der Waals surface area contributed by atoms with Crippen molar-refractivity contribution in [2.24, 2.45) is 10.3 Å². The van der Waals surface area contributed by atoms with Crippen LogP contribution < -0.4 is 5.01 Å². The zero-order chi connectivity index (χ0) is 12.3. The van der Waals surface area contributed by atoms with Gasteiger partial charge in [-0.05, 0) is 19.1 Å². The van der Waals surface area contributed by atoms with E-state index in [0.29, 0.717) is 13.2 Å². The average Bonchev–Trinajstić information content (AvgIpc) is 2.78. The third kappa shape index (κ3) is 2.39. The number of nitro groups is 1. The summed E-state index contributed by atoms with van der Waals surface area (Å²) in [5.74, 6) is 0. The van der Waals surface area contributed by atoms with Gasteiger partial charge in [0.05, 0.1) is 10.6 Å². The summed E-state index contributed by atoms with van der Waals surface area (Å²) in [4.78, 5) is 10.1. The topological polar surface area (TPSA) is 80.3 Å². The lowest BCUT2D eigenvalue weighted by Crippen LogP contribution is -2.31. The molecule has 17 heavy (non-hydrogen) atoms. The van der Waals surface area contributed by atoms with E-state index in [1.54, 1.807) is 17.1 Å². The fourth-order valence-corrected chi connectivity index (χ4v) is 1.57. The summed E-state index contributed by atoms with van der Waals surface area (Å²) < 4.78 is 5.45. The molecule has 90 valence electrons. The Balaban J connectivity index is 2.16. The number of non-ortho nitro benzene ring substituents is 1. The molecule has 0 saturated heterocycles. The summed E-state index contributed by atoms with van der Waals surface area (Å²) in [6.07, 6.45) is -0.221. The molecule has 0 N–H and O–H groups in total. The van der Waals surface area contributed by atoms with Crippen LogP contribution in [0.3, 0.4) is 0 Å². The molecule has 7 heteroatoms. The number of nitro benzene ring substituents is 1. The normalized spacial score (nSPS) is 18.6. The number of nitrogens with zero attached hydrogens (tertiary/aromatic N) is 4. The fraction of sp³-hybridized carbons (Fsp3) is 0.400. The Kier molecular flexibility index (Phi) is 3.29.